The first kappa shape index (κ1) is 15.8. The Bertz CT molecular complexity index is 1010. The molecule has 122 valence electrons. The van der Waals surface area contributed by atoms with Crippen molar-refractivity contribution >= 4 is 16.9 Å². The van der Waals surface area contributed by atoms with Crippen molar-refractivity contribution in [1.82, 2.24) is 4.98 Å². The van der Waals surface area contributed by atoms with Crippen LogP contribution in [0.5, 0.6) is 0 Å². The number of carboxylic acid groups (broad SMARTS) is 1. The lowest BCUT2D eigenvalue weighted by Crippen LogP contribution is -2.15. The van der Waals surface area contributed by atoms with Crippen LogP contribution in [0.25, 0.3) is 10.9 Å². The average Bonchev–Trinajstić information content (AvgIpc) is 2.52. The first-order valence-electron chi connectivity index (χ1n) is 6.88. The summed E-state index contributed by atoms with van der Waals surface area (Å²) in [6.45, 7) is 0. The number of pyridine rings is 1. The number of rotatable bonds is 3. The van der Waals surface area contributed by atoms with Crippen molar-refractivity contribution in [3.8, 4) is 0 Å². The van der Waals surface area contributed by atoms with E-state index < -0.39 is 34.4 Å². The SMILES string of the molecule is O=C(O)c1c[nH]c2cc(Cc3c(F)cccc3F)c(F)cc2c1=O. The molecule has 0 radical (unpaired) electrons. The summed E-state index contributed by atoms with van der Waals surface area (Å²) in [6.07, 6.45) is 0.654. The van der Waals surface area contributed by atoms with Gasteiger partial charge < -0.3 is 10.1 Å². The molecule has 7 heteroatoms. The van der Waals surface area contributed by atoms with Crippen LogP contribution in [0, 0.1) is 17.5 Å². The summed E-state index contributed by atoms with van der Waals surface area (Å²) in [5, 5.41) is 8.76. The standard InChI is InChI=1S/C17H10F3NO3/c18-12-2-1-3-13(19)9(12)4-8-5-15-10(6-14(8)20)16(22)11(7-21-15)17(23)24/h1-3,5-7H,4H2,(H,21,22)(H,23,24). The summed E-state index contributed by atoms with van der Waals surface area (Å²) < 4.78 is 41.6. The topological polar surface area (TPSA) is 70.2 Å². The second kappa shape index (κ2) is 5.84. The van der Waals surface area contributed by atoms with E-state index in [1.165, 1.54) is 12.1 Å². The number of nitrogens with one attached hydrogen (secondary N) is 1. The maximum absolute atomic E-state index is 14.2. The molecule has 0 aliphatic heterocycles. The normalized spacial score (nSPS) is 11.0. The number of halogens is 3. The van der Waals surface area contributed by atoms with Crippen molar-refractivity contribution in [3.63, 3.8) is 0 Å². The van der Waals surface area contributed by atoms with Crippen LogP contribution < -0.4 is 5.43 Å². The van der Waals surface area contributed by atoms with Crippen molar-refractivity contribution in [3.05, 3.63) is 80.9 Å². The smallest absolute Gasteiger partial charge is 0.341 e. The molecule has 3 rings (SSSR count). The van der Waals surface area contributed by atoms with Gasteiger partial charge in [-0.3, -0.25) is 4.79 Å². The van der Waals surface area contributed by atoms with Crippen molar-refractivity contribution in [2.75, 3.05) is 0 Å². The molecule has 0 amide bonds. The molecule has 1 heterocycles. The fourth-order valence-electron chi connectivity index (χ4n) is 2.47. The highest BCUT2D eigenvalue weighted by atomic mass is 19.1. The summed E-state index contributed by atoms with van der Waals surface area (Å²) in [4.78, 5) is 25.5. The van der Waals surface area contributed by atoms with E-state index in [0.717, 1.165) is 24.4 Å². The Hall–Kier alpha value is -3.09. The molecule has 0 spiro atoms. The third-order valence-corrected chi connectivity index (χ3v) is 3.71. The summed E-state index contributed by atoms with van der Waals surface area (Å²) in [7, 11) is 0. The lowest BCUT2D eigenvalue weighted by Gasteiger charge is -2.08. The number of benzene rings is 2. The van der Waals surface area contributed by atoms with Gasteiger partial charge in [0.15, 0.2) is 0 Å². The van der Waals surface area contributed by atoms with Crippen LogP contribution in [-0.2, 0) is 6.42 Å². The average molecular weight is 333 g/mol. The lowest BCUT2D eigenvalue weighted by atomic mass is 10.0. The van der Waals surface area contributed by atoms with Crippen molar-refractivity contribution in [2.45, 2.75) is 6.42 Å². The van der Waals surface area contributed by atoms with E-state index in [4.69, 9.17) is 5.11 Å². The molecule has 24 heavy (non-hydrogen) atoms. The molecule has 2 aromatic carbocycles. The highest BCUT2D eigenvalue weighted by Crippen LogP contribution is 2.22. The van der Waals surface area contributed by atoms with E-state index in [0.29, 0.717) is 0 Å². The van der Waals surface area contributed by atoms with Gasteiger partial charge in [0.1, 0.15) is 23.0 Å². The Morgan fingerprint density at radius 2 is 1.75 bits per heavy atom. The second-order valence-corrected chi connectivity index (χ2v) is 5.20. The van der Waals surface area contributed by atoms with E-state index in [2.05, 4.69) is 4.98 Å². The van der Waals surface area contributed by atoms with E-state index in [9.17, 15) is 22.8 Å². The highest BCUT2D eigenvalue weighted by molar-refractivity contribution is 5.92. The Morgan fingerprint density at radius 1 is 1.08 bits per heavy atom. The summed E-state index contributed by atoms with van der Waals surface area (Å²) in [6, 6.07) is 5.45. The van der Waals surface area contributed by atoms with Gasteiger partial charge >= 0.3 is 5.97 Å². The highest BCUT2D eigenvalue weighted by Gasteiger charge is 2.16. The predicted octanol–water partition coefficient (Wildman–Crippen LogP) is 3.23. The Balaban J connectivity index is 2.14. The van der Waals surface area contributed by atoms with Crippen LogP contribution in [0.2, 0.25) is 0 Å². The monoisotopic (exact) mass is 333 g/mol. The number of H-pyrrole nitrogens is 1. The minimum Gasteiger partial charge on any atom is -0.477 e. The molecular weight excluding hydrogens is 323 g/mol. The van der Waals surface area contributed by atoms with Crippen LogP contribution in [0.15, 0.2) is 41.3 Å². The van der Waals surface area contributed by atoms with E-state index in [1.807, 2.05) is 0 Å². The summed E-state index contributed by atoms with van der Waals surface area (Å²) in [5.74, 6) is -3.89. The van der Waals surface area contributed by atoms with E-state index in [1.54, 1.807) is 0 Å². The van der Waals surface area contributed by atoms with Gasteiger partial charge in [-0.1, -0.05) is 6.07 Å². The largest absolute Gasteiger partial charge is 0.477 e. The maximum atomic E-state index is 14.2. The van der Waals surface area contributed by atoms with Gasteiger partial charge in [0.25, 0.3) is 0 Å². The number of carbonyl (C=O) groups is 1. The quantitative estimate of drug-likeness (QED) is 0.773. The number of aromatic carboxylic acids is 1. The zero-order valence-electron chi connectivity index (χ0n) is 12.1. The van der Waals surface area contributed by atoms with Gasteiger partial charge in [-0.25, -0.2) is 18.0 Å². The maximum Gasteiger partial charge on any atom is 0.341 e. The van der Waals surface area contributed by atoms with Crippen LogP contribution in [-0.4, -0.2) is 16.1 Å². The predicted molar refractivity (Wildman–Crippen MR) is 80.7 cm³/mol. The molecule has 0 atom stereocenters. The fraction of sp³-hybridized carbons (Fsp3) is 0.0588. The minimum atomic E-state index is -1.43. The van der Waals surface area contributed by atoms with Gasteiger partial charge in [-0.2, -0.15) is 0 Å². The van der Waals surface area contributed by atoms with Gasteiger partial charge in [0.2, 0.25) is 5.43 Å². The third kappa shape index (κ3) is 2.64. The van der Waals surface area contributed by atoms with Crippen LogP contribution in [0.3, 0.4) is 0 Å². The summed E-state index contributed by atoms with van der Waals surface area (Å²) in [5.41, 5.74) is -1.49. The van der Waals surface area contributed by atoms with Crippen LogP contribution in [0.1, 0.15) is 21.5 Å². The third-order valence-electron chi connectivity index (χ3n) is 3.71. The molecule has 0 saturated carbocycles. The van der Waals surface area contributed by atoms with Crippen molar-refractivity contribution in [2.24, 2.45) is 0 Å². The van der Waals surface area contributed by atoms with Crippen molar-refractivity contribution < 1.29 is 23.1 Å². The zero-order valence-corrected chi connectivity index (χ0v) is 12.1. The van der Waals surface area contributed by atoms with Crippen molar-refractivity contribution in [1.29, 1.82) is 0 Å². The molecule has 0 aliphatic rings. The molecular formula is C17H10F3NO3. The Morgan fingerprint density at radius 3 is 2.38 bits per heavy atom. The van der Waals surface area contributed by atoms with E-state index >= 15 is 0 Å². The fourth-order valence-corrected chi connectivity index (χ4v) is 2.47. The number of hydrogen-bond donors (Lipinski definition) is 2. The van der Waals surface area contributed by atoms with Gasteiger partial charge in [0, 0.05) is 29.1 Å². The molecule has 4 nitrogen and oxygen atoms in total. The van der Waals surface area contributed by atoms with Crippen LogP contribution >= 0.6 is 0 Å². The van der Waals surface area contributed by atoms with E-state index in [-0.39, 0.29) is 28.5 Å². The number of aromatic amines is 1. The lowest BCUT2D eigenvalue weighted by molar-refractivity contribution is 0.0695. The molecule has 1 aromatic heterocycles. The molecule has 2 N–H and O–H groups in total. The number of carboxylic acids is 1. The summed E-state index contributed by atoms with van der Waals surface area (Å²) >= 11 is 0. The molecule has 0 unspecified atom stereocenters. The number of hydrogen-bond acceptors (Lipinski definition) is 2. The zero-order chi connectivity index (χ0) is 17.4. The number of aromatic nitrogens is 1. The minimum absolute atomic E-state index is 0.0229. The molecule has 0 aliphatic carbocycles. The van der Waals surface area contributed by atoms with Gasteiger partial charge in [0.05, 0.1) is 0 Å². The Labute approximate surface area is 133 Å². The first-order chi connectivity index (χ1) is 11.4. The first-order valence-corrected chi connectivity index (χ1v) is 6.88. The second-order valence-electron chi connectivity index (χ2n) is 5.20. The van der Waals surface area contributed by atoms with Gasteiger partial charge in [-0.05, 0) is 29.8 Å². The number of fused-ring (bicyclic) bond motifs is 1. The van der Waals surface area contributed by atoms with Crippen LogP contribution in [0.4, 0.5) is 13.2 Å². The molecule has 0 bridgehead atoms. The molecule has 3 aromatic rings. The Kier molecular flexibility index (Phi) is 3.84. The van der Waals surface area contributed by atoms with Gasteiger partial charge in [-0.15, -0.1) is 0 Å². The molecule has 0 fully saturated rings. The molecule has 0 saturated heterocycles.